The van der Waals surface area contributed by atoms with Crippen molar-refractivity contribution in [3.05, 3.63) is 35.4 Å². The van der Waals surface area contributed by atoms with Gasteiger partial charge < -0.3 is 5.32 Å². The lowest BCUT2D eigenvalue weighted by Gasteiger charge is -2.46. The van der Waals surface area contributed by atoms with Crippen LogP contribution in [0.25, 0.3) is 0 Å². The molecule has 0 amide bonds. The molecule has 1 spiro atoms. The molecule has 1 aliphatic carbocycles. The highest BCUT2D eigenvalue weighted by Gasteiger charge is 2.53. The van der Waals surface area contributed by atoms with Crippen molar-refractivity contribution in [3.63, 3.8) is 0 Å². The van der Waals surface area contributed by atoms with E-state index in [1.54, 1.807) is 5.56 Å². The van der Waals surface area contributed by atoms with Gasteiger partial charge in [0, 0.05) is 12.5 Å². The lowest BCUT2D eigenvalue weighted by molar-refractivity contribution is 0.108. The summed E-state index contributed by atoms with van der Waals surface area (Å²) in [6.07, 6.45) is 4.12. The van der Waals surface area contributed by atoms with Gasteiger partial charge in [0.2, 0.25) is 0 Å². The molecule has 2 fully saturated rings. The zero-order valence-electron chi connectivity index (χ0n) is 13.5. The molecule has 0 bridgehead atoms. The molecule has 3 unspecified atom stereocenters. The van der Waals surface area contributed by atoms with Crippen molar-refractivity contribution in [3.8, 4) is 0 Å². The van der Waals surface area contributed by atoms with E-state index in [4.69, 9.17) is 0 Å². The largest absolute Gasteiger partial charge is 0.316 e. The molecule has 0 aromatic heterocycles. The maximum absolute atomic E-state index is 3.65. The van der Waals surface area contributed by atoms with Crippen LogP contribution in [0.5, 0.6) is 0 Å². The molecule has 1 aliphatic heterocycles. The van der Waals surface area contributed by atoms with Crippen molar-refractivity contribution in [1.29, 1.82) is 0 Å². The Bertz CT molecular complexity index is 490. The maximum atomic E-state index is 3.65. The second-order valence-electron chi connectivity index (χ2n) is 8.10. The van der Waals surface area contributed by atoms with Crippen molar-refractivity contribution in [2.24, 2.45) is 16.7 Å². The van der Waals surface area contributed by atoms with Gasteiger partial charge in [0.1, 0.15) is 0 Å². The summed E-state index contributed by atoms with van der Waals surface area (Å²) in [4.78, 5) is 0. The van der Waals surface area contributed by atoms with Gasteiger partial charge in [-0.25, -0.2) is 0 Å². The lowest BCUT2D eigenvalue weighted by Crippen LogP contribution is -2.45. The Labute approximate surface area is 124 Å². The first kappa shape index (κ1) is 14.1. The van der Waals surface area contributed by atoms with Gasteiger partial charge in [-0.05, 0) is 55.0 Å². The average Bonchev–Trinajstić information content (AvgIpc) is 2.60. The van der Waals surface area contributed by atoms with Gasteiger partial charge in [-0.3, -0.25) is 0 Å². The highest BCUT2D eigenvalue weighted by atomic mass is 14.9. The highest BCUT2D eigenvalue weighted by molar-refractivity contribution is 5.29. The predicted molar refractivity (Wildman–Crippen MR) is 86.0 cm³/mol. The van der Waals surface area contributed by atoms with Crippen LogP contribution in [-0.2, 0) is 0 Å². The Balaban J connectivity index is 2.00. The topological polar surface area (TPSA) is 12.0 Å². The Morgan fingerprint density at radius 3 is 2.70 bits per heavy atom. The van der Waals surface area contributed by atoms with E-state index in [1.807, 2.05) is 0 Å². The van der Waals surface area contributed by atoms with E-state index in [2.05, 4.69) is 57.3 Å². The quantitative estimate of drug-likeness (QED) is 0.792. The van der Waals surface area contributed by atoms with Crippen molar-refractivity contribution in [2.75, 3.05) is 13.1 Å². The van der Waals surface area contributed by atoms with Crippen LogP contribution < -0.4 is 5.32 Å². The van der Waals surface area contributed by atoms with Crippen LogP contribution in [0.1, 0.15) is 57.1 Å². The first-order valence-corrected chi connectivity index (χ1v) is 8.20. The monoisotopic (exact) mass is 271 g/mol. The van der Waals surface area contributed by atoms with Gasteiger partial charge in [-0.2, -0.15) is 0 Å². The van der Waals surface area contributed by atoms with Crippen LogP contribution >= 0.6 is 0 Å². The van der Waals surface area contributed by atoms with E-state index in [9.17, 15) is 0 Å². The van der Waals surface area contributed by atoms with E-state index < -0.39 is 0 Å². The predicted octanol–water partition coefficient (Wildman–Crippen LogP) is 4.51. The van der Waals surface area contributed by atoms with Gasteiger partial charge in [0.15, 0.2) is 0 Å². The summed E-state index contributed by atoms with van der Waals surface area (Å²) in [6.45, 7) is 12.0. The van der Waals surface area contributed by atoms with Gasteiger partial charge in [0.25, 0.3) is 0 Å². The zero-order chi connectivity index (χ0) is 14.4. The van der Waals surface area contributed by atoms with Crippen molar-refractivity contribution in [1.82, 2.24) is 5.32 Å². The molecular formula is C19H29N. The number of hydrogen-bond acceptors (Lipinski definition) is 1. The van der Waals surface area contributed by atoms with Gasteiger partial charge >= 0.3 is 0 Å². The first-order valence-electron chi connectivity index (χ1n) is 8.20. The summed E-state index contributed by atoms with van der Waals surface area (Å²) in [5.41, 5.74) is 3.98. The molecule has 1 nitrogen and oxygen atoms in total. The minimum Gasteiger partial charge on any atom is -0.316 e. The molecule has 2 aliphatic rings. The third-order valence-electron chi connectivity index (χ3n) is 5.90. The zero-order valence-corrected chi connectivity index (χ0v) is 13.5. The third kappa shape index (κ3) is 2.30. The van der Waals surface area contributed by atoms with Crippen LogP contribution in [0.15, 0.2) is 24.3 Å². The second kappa shape index (κ2) is 4.87. The minimum absolute atomic E-state index is 0.513. The number of aryl methyl sites for hydroxylation is 1. The SMILES string of the molecule is Cc1cccc(C2CNCCC23CC(C)(C)CC3C)c1. The first-order chi connectivity index (χ1) is 9.43. The summed E-state index contributed by atoms with van der Waals surface area (Å²) in [5.74, 6) is 1.53. The van der Waals surface area contributed by atoms with Crippen LogP contribution in [0.4, 0.5) is 0 Å². The highest BCUT2D eigenvalue weighted by Crippen LogP contribution is 2.61. The van der Waals surface area contributed by atoms with Gasteiger partial charge in [-0.1, -0.05) is 50.6 Å². The Morgan fingerprint density at radius 1 is 1.25 bits per heavy atom. The second-order valence-corrected chi connectivity index (χ2v) is 8.10. The molecule has 1 aromatic carbocycles. The van der Waals surface area contributed by atoms with E-state index in [1.165, 1.54) is 31.4 Å². The normalized spacial score (nSPS) is 36.4. The van der Waals surface area contributed by atoms with E-state index >= 15 is 0 Å². The Morgan fingerprint density at radius 2 is 2.05 bits per heavy atom. The fourth-order valence-corrected chi connectivity index (χ4v) is 5.25. The molecule has 20 heavy (non-hydrogen) atoms. The number of rotatable bonds is 1. The van der Waals surface area contributed by atoms with E-state index in [0.29, 0.717) is 16.7 Å². The molecule has 110 valence electrons. The summed E-state index contributed by atoms with van der Waals surface area (Å²) in [7, 11) is 0. The summed E-state index contributed by atoms with van der Waals surface area (Å²) < 4.78 is 0. The maximum Gasteiger partial charge on any atom is 0.00256 e. The minimum atomic E-state index is 0.513. The molecular weight excluding hydrogens is 242 g/mol. The van der Waals surface area contributed by atoms with Crippen LogP contribution in [0.2, 0.25) is 0 Å². The van der Waals surface area contributed by atoms with Gasteiger partial charge in [-0.15, -0.1) is 0 Å². The molecule has 1 saturated heterocycles. The molecule has 1 heteroatoms. The van der Waals surface area contributed by atoms with Crippen molar-refractivity contribution in [2.45, 2.75) is 52.9 Å². The number of hydrogen-bond donors (Lipinski definition) is 1. The third-order valence-corrected chi connectivity index (χ3v) is 5.90. The standard InChI is InChI=1S/C19H29N/c1-14-6-5-7-16(10-14)17-12-20-9-8-19(17)13-18(3,4)11-15(19)2/h5-7,10,15,17,20H,8-9,11-13H2,1-4H3. The molecule has 1 saturated carbocycles. The number of piperidine rings is 1. The van der Waals surface area contributed by atoms with E-state index in [0.717, 1.165) is 12.5 Å². The van der Waals surface area contributed by atoms with Crippen LogP contribution in [0, 0.1) is 23.7 Å². The Kier molecular flexibility index (Phi) is 3.44. The molecule has 1 N–H and O–H groups in total. The summed E-state index contributed by atoms with van der Waals surface area (Å²) in [6, 6.07) is 9.22. The van der Waals surface area contributed by atoms with Crippen molar-refractivity contribution < 1.29 is 0 Å². The average molecular weight is 271 g/mol. The summed E-state index contributed by atoms with van der Waals surface area (Å²) in [5, 5.41) is 3.65. The lowest BCUT2D eigenvalue weighted by atomic mass is 9.62. The smallest absolute Gasteiger partial charge is 0.00256 e. The van der Waals surface area contributed by atoms with Crippen LogP contribution in [-0.4, -0.2) is 13.1 Å². The molecule has 3 atom stereocenters. The fourth-order valence-electron chi connectivity index (χ4n) is 5.25. The Hall–Kier alpha value is -0.820. The molecule has 1 heterocycles. The fraction of sp³-hybridized carbons (Fsp3) is 0.684. The molecule has 0 radical (unpaired) electrons. The van der Waals surface area contributed by atoms with Crippen molar-refractivity contribution >= 4 is 0 Å². The van der Waals surface area contributed by atoms with E-state index in [-0.39, 0.29) is 0 Å². The number of benzene rings is 1. The number of nitrogens with one attached hydrogen (secondary N) is 1. The van der Waals surface area contributed by atoms with Crippen LogP contribution in [0.3, 0.4) is 0 Å². The molecule has 3 rings (SSSR count). The summed E-state index contributed by atoms with van der Waals surface area (Å²) >= 11 is 0. The molecule has 1 aromatic rings. The van der Waals surface area contributed by atoms with Gasteiger partial charge in [0.05, 0.1) is 0 Å².